The Morgan fingerprint density at radius 2 is 1.96 bits per heavy atom. The Bertz CT molecular complexity index is 1930. The Kier molecular flexibility index (Phi) is 9.25. The van der Waals surface area contributed by atoms with Crippen LogP contribution in [0.5, 0.6) is 11.6 Å². The summed E-state index contributed by atoms with van der Waals surface area (Å²) in [5.74, 6) is 0.488. The summed E-state index contributed by atoms with van der Waals surface area (Å²) in [5.41, 5.74) is 3.59. The number of carbonyl (C=O) groups excluding carboxylic acids is 2. The lowest BCUT2D eigenvalue weighted by atomic mass is 9.69. The number of hydrogen-bond donors (Lipinski definition) is 1. The van der Waals surface area contributed by atoms with Gasteiger partial charge >= 0.3 is 0 Å². The molecule has 1 saturated carbocycles. The average molecular weight is 706 g/mol. The van der Waals surface area contributed by atoms with Gasteiger partial charge in [0.1, 0.15) is 21.2 Å². The summed E-state index contributed by atoms with van der Waals surface area (Å²) in [6, 6.07) is 11.6. The van der Waals surface area contributed by atoms with Crippen LogP contribution in [0.3, 0.4) is 0 Å². The second-order valence-corrected chi connectivity index (χ2v) is 16.7. The summed E-state index contributed by atoms with van der Waals surface area (Å²) in [4.78, 5) is 29.8. The smallest absolute Gasteiger partial charge is 0.286 e. The van der Waals surface area contributed by atoms with Gasteiger partial charge in [0.25, 0.3) is 11.8 Å². The van der Waals surface area contributed by atoms with E-state index in [-0.39, 0.29) is 28.5 Å². The van der Waals surface area contributed by atoms with Gasteiger partial charge in [-0.15, -0.1) is 9.46 Å². The Morgan fingerprint density at radius 3 is 2.76 bits per heavy atom. The molecule has 5 atom stereocenters. The minimum Gasteiger partial charge on any atom is -0.490 e. The molecule has 7 rings (SSSR count). The predicted octanol–water partition coefficient (Wildman–Crippen LogP) is 6.52. The van der Waals surface area contributed by atoms with Crippen LogP contribution in [-0.2, 0) is 28.8 Å². The molecule has 0 saturated heterocycles. The summed E-state index contributed by atoms with van der Waals surface area (Å²) in [6.45, 7) is 4.08. The number of nitrogens with zero attached hydrogens (tertiary/aromatic N) is 4. The Balaban J connectivity index is 1.28. The van der Waals surface area contributed by atoms with Gasteiger partial charge in [-0.3, -0.25) is 19.0 Å². The molecule has 2 bridgehead atoms. The molecule has 1 aromatic heterocycles. The van der Waals surface area contributed by atoms with Crippen molar-refractivity contribution in [3.05, 3.63) is 82.0 Å². The van der Waals surface area contributed by atoms with E-state index in [0.717, 1.165) is 61.7 Å². The van der Waals surface area contributed by atoms with Crippen LogP contribution >= 0.6 is 11.6 Å². The van der Waals surface area contributed by atoms with Crippen LogP contribution in [0.1, 0.15) is 77.3 Å². The Hall–Kier alpha value is -3.83. The summed E-state index contributed by atoms with van der Waals surface area (Å²) in [7, 11) is -0.469. The predicted molar refractivity (Wildman–Crippen MR) is 191 cm³/mol. The number of halogens is 1. The normalized spacial score (nSPS) is 28.9. The molecule has 3 aromatic rings. The molecular formula is C37H44ClN5O5S. The van der Waals surface area contributed by atoms with Gasteiger partial charge in [-0.25, -0.2) is 4.21 Å². The van der Waals surface area contributed by atoms with E-state index in [1.807, 2.05) is 25.1 Å². The molecule has 2 aliphatic carbocycles. The van der Waals surface area contributed by atoms with E-state index in [2.05, 4.69) is 43.4 Å². The van der Waals surface area contributed by atoms with E-state index >= 15 is 0 Å². The number of hydrogen-bond acceptors (Lipinski definition) is 7. The lowest BCUT2D eigenvalue weighted by molar-refractivity contribution is 0.0979. The molecule has 12 heteroatoms. The number of carbonyl (C=O) groups is 2. The van der Waals surface area contributed by atoms with E-state index < -0.39 is 21.7 Å². The fourth-order valence-electron chi connectivity index (χ4n) is 8.03. The molecule has 4 aliphatic rings. The van der Waals surface area contributed by atoms with Crippen molar-refractivity contribution in [2.75, 3.05) is 37.5 Å². The molecule has 3 heterocycles. The second-order valence-electron chi connectivity index (χ2n) is 14.3. The molecular weight excluding hydrogens is 662 g/mol. The van der Waals surface area contributed by atoms with Gasteiger partial charge in [-0.2, -0.15) is 0 Å². The highest BCUT2D eigenvalue weighted by Crippen LogP contribution is 2.46. The maximum absolute atomic E-state index is 14.5. The SMILES string of the molecule is COc1nn(C)cc1C(=O)N[S@@]1(=O)=NC(=O)c2ccc3c(c2)N(C[C@@H]2CC[C@H]2C/C=C/C[C@H](C)C1)C[C@@]1(CCCc2cc(Cl)ccc21)CO3. The lowest BCUT2D eigenvalue weighted by Crippen LogP contribution is -2.48. The fourth-order valence-corrected chi connectivity index (χ4v) is 10.1. The van der Waals surface area contributed by atoms with E-state index in [9.17, 15) is 13.8 Å². The zero-order chi connectivity index (χ0) is 34.3. The third kappa shape index (κ3) is 6.84. The zero-order valence-corrected chi connectivity index (χ0v) is 29.9. The largest absolute Gasteiger partial charge is 0.490 e. The number of allylic oxidation sites excluding steroid dienone is 2. The molecule has 0 radical (unpaired) electrons. The van der Waals surface area contributed by atoms with Crippen LogP contribution < -0.4 is 19.1 Å². The molecule has 0 unspecified atom stereocenters. The number of fused-ring (bicyclic) bond motifs is 4. The van der Waals surface area contributed by atoms with Gasteiger partial charge < -0.3 is 14.4 Å². The Morgan fingerprint density at radius 1 is 1.14 bits per heavy atom. The van der Waals surface area contributed by atoms with Crippen molar-refractivity contribution < 1.29 is 23.3 Å². The molecule has 1 N–H and O–H groups in total. The number of anilines is 1. The fraction of sp³-hybridized carbons (Fsp3) is 0.486. The van der Waals surface area contributed by atoms with E-state index in [4.69, 9.17) is 21.1 Å². The first kappa shape index (κ1) is 33.7. The standard InChI is InChI=1S/C37H44ClN5O5S/c1-24-7-4-5-8-25-10-11-28(25)19-43-22-37(16-6-9-26-17-29(38)13-14-31(26)37)23-48-33-15-12-27(18-32(33)43)34(44)40-49(46,21-24)41-35(45)30-20-42(2)39-36(30)47-3/h4-5,12-15,17-18,20,24-25,28H,6-11,16,19,21-23H2,1-3H3,(H,40,41,44,45,46)/b5-4+/t24-,25+,28-,37-,49-/m0/s1. The maximum atomic E-state index is 14.5. The molecule has 1 fully saturated rings. The van der Waals surface area contributed by atoms with Crippen LogP contribution in [0.4, 0.5) is 5.69 Å². The molecule has 1 spiro atoms. The van der Waals surface area contributed by atoms with Crippen molar-refractivity contribution in [3.8, 4) is 11.6 Å². The van der Waals surface area contributed by atoms with Crippen molar-refractivity contribution in [1.29, 1.82) is 0 Å². The minimum absolute atomic E-state index is 0.00950. The lowest BCUT2D eigenvalue weighted by Gasteiger charge is -2.44. The van der Waals surface area contributed by atoms with Crippen molar-refractivity contribution in [1.82, 2.24) is 14.5 Å². The highest BCUT2D eigenvalue weighted by atomic mass is 35.5. The van der Waals surface area contributed by atoms with Crippen molar-refractivity contribution in [2.24, 2.45) is 29.2 Å². The summed E-state index contributed by atoms with van der Waals surface area (Å²) in [5, 5.41) is 4.89. The Labute approximate surface area is 293 Å². The van der Waals surface area contributed by atoms with Crippen molar-refractivity contribution in [2.45, 2.75) is 57.3 Å². The van der Waals surface area contributed by atoms with E-state index in [0.29, 0.717) is 30.4 Å². The maximum Gasteiger partial charge on any atom is 0.286 e. The minimum atomic E-state index is -3.54. The molecule has 2 amide bonds. The third-order valence-corrected chi connectivity index (χ3v) is 12.9. The number of aromatic nitrogens is 2. The molecule has 2 aromatic carbocycles. The van der Waals surface area contributed by atoms with Crippen LogP contribution in [-0.4, -0.2) is 58.4 Å². The monoisotopic (exact) mass is 705 g/mol. The van der Waals surface area contributed by atoms with Gasteiger partial charge in [0.05, 0.1) is 25.2 Å². The highest BCUT2D eigenvalue weighted by molar-refractivity contribution is 7.92. The second kappa shape index (κ2) is 13.5. The zero-order valence-electron chi connectivity index (χ0n) is 28.3. The number of nitrogens with one attached hydrogen (secondary N) is 1. The number of rotatable bonds is 3. The molecule has 260 valence electrons. The van der Waals surface area contributed by atoms with Crippen molar-refractivity contribution >= 4 is 39.0 Å². The van der Waals surface area contributed by atoms with E-state index in [1.54, 1.807) is 13.1 Å². The number of ether oxygens (including phenoxy) is 2. The average Bonchev–Trinajstić information content (AvgIpc) is 3.37. The van der Waals surface area contributed by atoms with Crippen LogP contribution in [0.2, 0.25) is 5.02 Å². The number of methoxy groups -OCH3 is 1. The first-order chi connectivity index (χ1) is 23.5. The quantitative estimate of drug-likeness (QED) is 0.309. The van der Waals surface area contributed by atoms with Gasteiger partial charge in [0, 0.05) is 42.3 Å². The first-order valence-electron chi connectivity index (χ1n) is 17.2. The van der Waals surface area contributed by atoms with Gasteiger partial charge in [-0.05, 0) is 104 Å². The molecule has 10 nitrogen and oxygen atoms in total. The van der Waals surface area contributed by atoms with Gasteiger partial charge in [0.15, 0.2) is 0 Å². The summed E-state index contributed by atoms with van der Waals surface area (Å²) >= 11 is 6.44. The molecule has 2 aliphatic heterocycles. The number of aryl methyl sites for hydroxylation is 2. The topological polar surface area (TPSA) is 115 Å². The van der Waals surface area contributed by atoms with Crippen molar-refractivity contribution in [3.63, 3.8) is 0 Å². The molecule has 49 heavy (non-hydrogen) atoms. The number of benzene rings is 2. The highest BCUT2D eigenvalue weighted by Gasteiger charge is 2.43. The van der Waals surface area contributed by atoms with Crippen LogP contribution in [0.15, 0.2) is 59.1 Å². The van der Waals surface area contributed by atoms with Crippen LogP contribution in [0.25, 0.3) is 0 Å². The van der Waals surface area contributed by atoms with Gasteiger partial charge in [0.2, 0.25) is 5.88 Å². The third-order valence-electron chi connectivity index (χ3n) is 10.7. The van der Waals surface area contributed by atoms with Crippen LogP contribution in [0, 0.1) is 17.8 Å². The van der Waals surface area contributed by atoms with E-state index in [1.165, 1.54) is 35.5 Å². The summed E-state index contributed by atoms with van der Waals surface area (Å²) in [6.07, 6.45) is 12.9. The first-order valence-corrected chi connectivity index (χ1v) is 19.3. The summed E-state index contributed by atoms with van der Waals surface area (Å²) < 4.78 is 34.7. The number of amides is 2. The van der Waals surface area contributed by atoms with Gasteiger partial charge in [-0.1, -0.05) is 36.7 Å².